The van der Waals surface area contributed by atoms with Gasteiger partial charge in [0.2, 0.25) is 0 Å². The third-order valence-electron chi connectivity index (χ3n) is 4.11. The molecule has 6 heteroatoms. The molecule has 0 N–H and O–H groups in total. The Balaban J connectivity index is 1.60. The van der Waals surface area contributed by atoms with Crippen molar-refractivity contribution in [2.75, 3.05) is 44.3 Å². The molecule has 0 amide bonds. The highest BCUT2D eigenvalue weighted by molar-refractivity contribution is 9.10. The molecule has 0 saturated carbocycles. The van der Waals surface area contributed by atoms with Gasteiger partial charge in [-0.15, -0.1) is 0 Å². The Hall–Kier alpha value is -0.720. The van der Waals surface area contributed by atoms with E-state index >= 15 is 0 Å². The first-order valence-electron chi connectivity index (χ1n) is 7.12. The van der Waals surface area contributed by atoms with Gasteiger partial charge in [0.05, 0.1) is 0 Å². The van der Waals surface area contributed by atoms with E-state index in [2.05, 4.69) is 25.8 Å². The Morgan fingerprint density at radius 2 is 1.90 bits per heavy atom. The number of rotatable bonds is 2. The van der Waals surface area contributed by atoms with E-state index in [0.29, 0.717) is 16.3 Å². The molecule has 0 unspecified atom stereocenters. The second kappa shape index (κ2) is 6.37. The molecule has 2 aliphatic heterocycles. The van der Waals surface area contributed by atoms with Crippen molar-refractivity contribution < 1.29 is 9.13 Å². The summed E-state index contributed by atoms with van der Waals surface area (Å²) in [5.41, 5.74) is 0. The predicted molar refractivity (Wildman–Crippen MR) is 79.5 cm³/mol. The SMILES string of the molecule is Fc1cc(Br)cnc1N1CCN(C2CCOCC2)CC1. The highest BCUT2D eigenvalue weighted by Gasteiger charge is 2.26. The molecule has 2 saturated heterocycles. The van der Waals surface area contributed by atoms with Crippen LogP contribution in [0, 0.1) is 5.82 Å². The van der Waals surface area contributed by atoms with Crippen molar-refractivity contribution >= 4 is 21.7 Å². The maximum absolute atomic E-state index is 13.9. The van der Waals surface area contributed by atoms with Gasteiger partial charge in [-0.25, -0.2) is 9.37 Å². The van der Waals surface area contributed by atoms with Gasteiger partial charge in [0.25, 0.3) is 0 Å². The minimum Gasteiger partial charge on any atom is -0.381 e. The largest absolute Gasteiger partial charge is 0.381 e. The van der Waals surface area contributed by atoms with Crippen molar-refractivity contribution in [2.24, 2.45) is 0 Å². The Morgan fingerprint density at radius 3 is 2.55 bits per heavy atom. The molecule has 0 atom stereocenters. The number of pyridine rings is 1. The lowest BCUT2D eigenvalue weighted by atomic mass is 10.1. The summed E-state index contributed by atoms with van der Waals surface area (Å²) in [6, 6.07) is 2.11. The van der Waals surface area contributed by atoms with Crippen molar-refractivity contribution in [2.45, 2.75) is 18.9 Å². The van der Waals surface area contributed by atoms with E-state index in [-0.39, 0.29) is 5.82 Å². The number of anilines is 1. The number of ether oxygens (including phenoxy) is 1. The van der Waals surface area contributed by atoms with Crippen LogP contribution in [-0.2, 0) is 4.74 Å². The highest BCUT2D eigenvalue weighted by atomic mass is 79.9. The van der Waals surface area contributed by atoms with Gasteiger partial charge in [0.1, 0.15) is 0 Å². The first kappa shape index (κ1) is 14.2. The van der Waals surface area contributed by atoms with Crippen LogP contribution in [0.4, 0.5) is 10.2 Å². The Kier molecular flexibility index (Phi) is 4.53. The fourth-order valence-corrected chi connectivity index (χ4v) is 3.29. The van der Waals surface area contributed by atoms with Crippen molar-refractivity contribution in [1.82, 2.24) is 9.88 Å². The molecule has 3 rings (SSSR count). The van der Waals surface area contributed by atoms with Gasteiger partial charge in [-0.1, -0.05) is 0 Å². The van der Waals surface area contributed by atoms with Crippen LogP contribution < -0.4 is 4.90 Å². The summed E-state index contributed by atoms with van der Waals surface area (Å²) in [6.07, 6.45) is 3.89. The zero-order valence-corrected chi connectivity index (χ0v) is 13.0. The molecule has 0 spiro atoms. The monoisotopic (exact) mass is 343 g/mol. The van der Waals surface area contributed by atoms with Gasteiger partial charge in [-0.05, 0) is 34.8 Å². The second-order valence-corrected chi connectivity index (χ2v) is 6.24. The quantitative estimate of drug-likeness (QED) is 0.823. The van der Waals surface area contributed by atoms with Crippen LogP contribution in [0.15, 0.2) is 16.7 Å². The van der Waals surface area contributed by atoms with Crippen LogP contribution in [-0.4, -0.2) is 55.3 Å². The van der Waals surface area contributed by atoms with Crippen molar-refractivity contribution in [3.05, 3.63) is 22.6 Å². The minimum atomic E-state index is -0.251. The minimum absolute atomic E-state index is 0.251. The lowest BCUT2D eigenvalue weighted by molar-refractivity contribution is 0.0320. The van der Waals surface area contributed by atoms with Gasteiger partial charge in [0.15, 0.2) is 11.6 Å². The summed E-state index contributed by atoms with van der Waals surface area (Å²) >= 11 is 3.24. The molecule has 1 aromatic rings. The number of nitrogens with zero attached hydrogens (tertiary/aromatic N) is 3. The summed E-state index contributed by atoms with van der Waals surface area (Å²) in [7, 11) is 0. The van der Waals surface area contributed by atoms with E-state index in [1.165, 1.54) is 6.07 Å². The molecule has 1 aromatic heterocycles. The van der Waals surface area contributed by atoms with Gasteiger partial charge in [0, 0.05) is 56.1 Å². The summed E-state index contributed by atoms with van der Waals surface area (Å²) < 4.78 is 20.0. The van der Waals surface area contributed by atoms with Gasteiger partial charge < -0.3 is 9.64 Å². The molecule has 3 heterocycles. The Labute approximate surface area is 127 Å². The number of halogens is 2. The number of hydrogen-bond donors (Lipinski definition) is 0. The van der Waals surface area contributed by atoms with E-state index < -0.39 is 0 Å². The number of aromatic nitrogens is 1. The van der Waals surface area contributed by atoms with Crippen molar-refractivity contribution in [3.8, 4) is 0 Å². The van der Waals surface area contributed by atoms with Crippen LogP contribution in [0.5, 0.6) is 0 Å². The molecule has 0 aromatic carbocycles. The summed E-state index contributed by atoms with van der Waals surface area (Å²) in [5, 5.41) is 0. The smallest absolute Gasteiger partial charge is 0.166 e. The fourth-order valence-electron chi connectivity index (χ4n) is 2.99. The molecule has 0 aliphatic carbocycles. The molecule has 2 aliphatic rings. The van der Waals surface area contributed by atoms with E-state index in [9.17, 15) is 4.39 Å². The maximum atomic E-state index is 13.9. The van der Waals surface area contributed by atoms with Crippen molar-refractivity contribution in [1.29, 1.82) is 0 Å². The molecule has 2 fully saturated rings. The summed E-state index contributed by atoms with van der Waals surface area (Å²) in [5.74, 6) is 0.221. The van der Waals surface area contributed by atoms with Crippen LogP contribution in [0.1, 0.15) is 12.8 Å². The maximum Gasteiger partial charge on any atom is 0.166 e. The molecule has 0 radical (unpaired) electrons. The average Bonchev–Trinajstić information content (AvgIpc) is 2.48. The van der Waals surface area contributed by atoms with Crippen molar-refractivity contribution in [3.63, 3.8) is 0 Å². The molecule has 4 nitrogen and oxygen atoms in total. The highest BCUT2D eigenvalue weighted by Crippen LogP contribution is 2.23. The number of hydrogen-bond acceptors (Lipinski definition) is 4. The van der Waals surface area contributed by atoms with Crippen LogP contribution in [0.2, 0.25) is 0 Å². The van der Waals surface area contributed by atoms with Crippen LogP contribution >= 0.6 is 15.9 Å². The first-order valence-corrected chi connectivity index (χ1v) is 7.91. The standard InChI is InChI=1S/C14H19BrFN3O/c15-11-9-13(16)14(17-10-11)19-5-3-18(4-6-19)12-1-7-20-8-2-12/h9-10,12H,1-8H2. The molecule has 20 heavy (non-hydrogen) atoms. The summed E-state index contributed by atoms with van der Waals surface area (Å²) in [4.78, 5) is 8.75. The fraction of sp³-hybridized carbons (Fsp3) is 0.643. The zero-order chi connectivity index (χ0) is 13.9. The lowest BCUT2D eigenvalue weighted by Gasteiger charge is -2.41. The van der Waals surface area contributed by atoms with E-state index in [0.717, 1.165) is 52.2 Å². The van der Waals surface area contributed by atoms with Gasteiger partial charge >= 0.3 is 0 Å². The normalized spacial score (nSPS) is 22.2. The average molecular weight is 344 g/mol. The predicted octanol–water partition coefficient (Wildman–Crippen LogP) is 2.28. The van der Waals surface area contributed by atoms with Crippen LogP contribution in [0.25, 0.3) is 0 Å². The molecule has 0 bridgehead atoms. The first-order chi connectivity index (χ1) is 9.74. The van der Waals surface area contributed by atoms with E-state index in [1.54, 1.807) is 6.20 Å². The lowest BCUT2D eigenvalue weighted by Crippen LogP contribution is -2.52. The van der Waals surface area contributed by atoms with Gasteiger partial charge in [-0.2, -0.15) is 0 Å². The summed E-state index contributed by atoms with van der Waals surface area (Å²) in [6.45, 7) is 5.36. The third kappa shape index (κ3) is 3.13. The number of piperazine rings is 1. The Morgan fingerprint density at radius 1 is 1.20 bits per heavy atom. The van der Waals surface area contributed by atoms with Gasteiger partial charge in [-0.3, -0.25) is 4.90 Å². The van der Waals surface area contributed by atoms with E-state index in [1.807, 2.05) is 4.90 Å². The topological polar surface area (TPSA) is 28.6 Å². The second-order valence-electron chi connectivity index (χ2n) is 5.33. The zero-order valence-electron chi connectivity index (χ0n) is 11.4. The molecule has 110 valence electrons. The molecular formula is C14H19BrFN3O. The molecular weight excluding hydrogens is 325 g/mol. The van der Waals surface area contributed by atoms with E-state index in [4.69, 9.17) is 4.74 Å². The Bertz CT molecular complexity index is 460. The third-order valence-corrected chi connectivity index (χ3v) is 4.54. The van der Waals surface area contributed by atoms with Crippen LogP contribution in [0.3, 0.4) is 0 Å².